The van der Waals surface area contributed by atoms with Gasteiger partial charge < -0.3 is 5.32 Å². The first kappa shape index (κ1) is 8.76. The molecule has 2 atom stereocenters. The number of rotatable bonds is 2. The molecule has 1 aromatic carbocycles. The van der Waals surface area contributed by atoms with Gasteiger partial charge in [-0.25, -0.2) is 0 Å². The minimum Gasteiger partial charge on any atom is -0.307 e. The number of hydrogen-bond donors (Lipinski definition) is 1. The van der Waals surface area contributed by atoms with Crippen molar-refractivity contribution in [1.29, 1.82) is 0 Å². The minimum absolute atomic E-state index is 0.603. The van der Waals surface area contributed by atoms with E-state index in [0.29, 0.717) is 6.04 Å². The molecule has 0 unspecified atom stereocenters. The quantitative estimate of drug-likeness (QED) is 0.728. The predicted molar refractivity (Wildman–Crippen MR) is 55.6 cm³/mol. The summed E-state index contributed by atoms with van der Waals surface area (Å²) in [6.45, 7) is 2.26. The summed E-state index contributed by atoms with van der Waals surface area (Å²) in [5.74, 6) is 0. The van der Waals surface area contributed by atoms with Crippen molar-refractivity contribution in [3.63, 3.8) is 0 Å². The summed E-state index contributed by atoms with van der Waals surface area (Å²) in [5.41, 5.74) is 1.44. The molecule has 0 aliphatic carbocycles. The summed E-state index contributed by atoms with van der Waals surface area (Å²) < 4.78 is 0. The Morgan fingerprint density at radius 3 is 2.62 bits per heavy atom. The summed E-state index contributed by atoms with van der Waals surface area (Å²) >= 11 is 0. The fourth-order valence-corrected chi connectivity index (χ4v) is 2.09. The normalized spacial score (nSPS) is 27.8. The molecule has 1 saturated heterocycles. The van der Waals surface area contributed by atoms with E-state index >= 15 is 0 Å². The monoisotopic (exact) mass is 175 g/mol. The van der Waals surface area contributed by atoms with Gasteiger partial charge in [-0.2, -0.15) is 0 Å². The average Bonchev–Trinajstić information content (AvgIpc) is 2.67. The van der Waals surface area contributed by atoms with Gasteiger partial charge in [-0.15, -0.1) is 0 Å². The van der Waals surface area contributed by atoms with Gasteiger partial charge in [-0.1, -0.05) is 37.3 Å². The molecule has 1 fully saturated rings. The molecule has 1 aliphatic rings. The molecule has 2 rings (SSSR count). The van der Waals surface area contributed by atoms with Crippen molar-refractivity contribution in [3.05, 3.63) is 35.9 Å². The molecule has 0 radical (unpaired) electrons. The molecule has 0 amide bonds. The van der Waals surface area contributed by atoms with E-state index in [2.05, 4.69) is 42.6 Å². The molecule has 13 heavy (non-hydrogen) atoms. The van der Waals surface area contributed by atoms with Crippen molar-refractivity contribution in [2.24, 2.45) is 0 Å². The highest BCUT2D eigenvalue weighted by Gasteiger charge is 2.22. The summed E-state index contributed by atoms with van der Waals surface area (Å²) in [5, 5.41) is 3.66. The number of nitrogens with one attached hydrogen (secondary N) is 1. The van der Waals surface area contributed by atoms with Crippen LogP contribution in [0.15, 0.2) is 30.3 Å². The molecular weight excluding hydrogens is 158 g/mol. The average molecular weight is 175 g/mol. The predicted octanol–water partition coefficient (Wildman–Crippen LogP) is 2.89. The lowest BCUT2D eigenvalue weighted by Gasteiger charge is -2.12. The lowest BCUT2D eigenvalue weighted by atomic mass is 10.1. The Hall–Kier alpha value is -0.820. The van der Waals surface area contributed by atoms with Gasteiger partial charge in [0.1, 0.15) is 0 Å². The van der Waals surface area contributed by atoms with E-state index in [1.807, 2.05) is 0 Å². The lowest BCUT2D eigenvalue weighted by Crippen LogP contribution is -2.23. The van der Waals surface area contributed by atoms with Gasteiger partial charge in [0.15, 0.2) is 0 Å². The van der Waals surface area contributed by atoms with E-state index < -0.39 is 0 Å². The highest BCUT2D eigenvalue weighted by Crippen LogP contribution is 2.27. The molecule has 0 saturated carbocycles. The second-order valence-electron chi connectivity index (χ2n) is 3.81. The maximum absolute atomic E-state index is 3.66. The molecule has 1 aromatic rings. The van der Waals surface area contributed by atoms with Gasteiger partial charge >= 0.3 is 0 Å². The minimum atomic E-state index is 0.603. The molecular formula is C12H17N. The van der Waals surface area contributed by atoms with Crippen LogP contribution in [-0.2, 0) is 0 Å². The van der Waals surface area contributed by atoms with Crippen LogP contribution in [0.1, 0.15) is 37.8 Å². The Bertz CT molecular complexity index is 255. The molecule has 1 aliphatic heterocycles. The van der Waals surface area contributed by atoms with Crippen LogP contribution in [0, 0.1) is 0 Å². The maximum atomic E-state index is 3.66. The first-order valence-corrected chi connectivity index (χ1v) is 5.21. The van der Waals surface area contributed by atoms with Crippen molar-refractivity contribution in [1.82, 2.24) is 5.32 Å². The Balaban J connectivity index is 2.04. The van der Waals surface area contributed by atoms with Crippen LogP contribution in [0.2, 0.25) is 0 Å². The third-order valence-electron chi connectivity index (χ3n) is 2.94. The first-order valence-electron chi connectivity index (χ1n) is 5.21. The van der Waals surface area contributed by atoms with Gasteiger partial charge in [0.25, 0.3) is 0 Å². The third kappa shape index (κ3) is 1.92. The zero-order valence-corrected chi connectivity index (χ0v) is 8.16. The fourth-order valence-electron chi connectivity index (χ4n) is 2.09. The largest absolute Gasteiger partial charge is 0.307 e. The van der Waals surface area contributed by atoms with E-state index in [9.17, 15) is 0 Å². The lowest BCUT2D eigenvalue weighted by molar-refractivity contribution is 0.540. The first-order chi connectivity index (χ1) is 6.40. The SMILES string of the molecule is CC[C@H]1CC[C@@H](c2ccccc2)N1. The highest BCUT2D eigenvalue weighted by atomic mass is 15.0. The molecule has 70 valence electrons. The molecule has 1 heteroatoms. The maximum Gasteiger partial charge on any atom is 0.0323 e. The zero-order valence-electron chi connectivity index (χ0n) is 8.16. The summed E-state index contributed by atoms with van der Waals surface area (Å²) in [4.78, 5) is 0. The van der Waals surface area contributed by atoms with Crippen LogP contribution < -0.4 is 5.32 Å². The number of hydrogen-bond acceptors (Lipinski definition) is 1. The molecule has 0 spiro atoms. The topological polar surface area (TPSA) is 12.0 Å². The van der Waals surface area contributed by atoms with Crippen molar-refractivity contribution in [2.45, 2.75) is 38.3 Å². The highest BCUT2D eigenvalue weighted by molar-refractivity contribution is 5.20. The molecule has 1 heterocycles. The van der Waals surface area contributed by atoms with E-state index in [0.717, 1.165) is 6.04 Å². The van der Waals surface area contributed by atoms with Gasteiger partial charge in [-0.05, 0) is 24.8 Å². The van der Waals surface area contributed by atoms with Crippen LogP contribution in [0.3, 0.4) is 0 Å². The van der Waals surface area contributed by atoms with Gasteiger partial charge in [0.2, 0.25) is 0 Å². The Kier molecular flexibility index (Phi) is 2.65. The van der Waals surface area contributed by atoms with Crippen LogP contribution >= 0.6 is 0 Å². The third-order valence-corrected chi connectivity index (χ3v) is 2.94. The molecule has 0 aromatic heterocycles. The van der Waals surface area contributed by atoms with E-state index in [1.165, 1.54) is 24.8 Å². The second-order valence-corrected chi connectivity index (χ2v) is 3.81. The van der Waals surface area contributed by atoms with Gasteiger partial charge in [0.05, 0.1) is 0 Å². The smallest absolute Gasteiger partial charge is 0.0323 e. The standard InChI is InChI=1S/C12H17N/c1-2-11-8-9-12(13-11)10-6-4-3-5-7-10/h3-7,11-13H,2,8-9H2,1H3/t11-,12-/m0/s1. The van der Waals surface area contributed by atoms with E-state index in [1.54, 1.807) is 0 Å². The summed E-state index contributed by atoms with van der Waals surface area (Å²) in [6, 6.07) is 12.1. The van der Waals surface area contributed by atoms with Gasteiger partial charge in [0, 0.05) is 12.1 Å². The van der Waals surface area contributed by atoms with E-state index in [-0.39, 0.29) is 0 Å². The van der Waals surface area contributed by atoms with E-state index in [4.69, 9.17) is 0 Å². The Morgan fingerprint density at radius 2 is 2.00 bits per heavy atom. The summed E-state index contributed by atoms with van der Waals surface area (Å²) in [6.07, 6.45) is 3.88. The summed E-state index contributed by atoms with van der Waals surface area (Å²) in [7, 11) is 0. The molecule has 1 nitrogen and oxygen atoms in total. The molecule has 0 bridgehead atoms. The Labute approximate surface area is 80.2 Å². The zero-order chi connectivity index (χ0) is 9.10. The van der Waals surface area contributed by atoms with Crippen LogP contribution in [0.25, 0.3) is 0 Å². The van der Waals surface area contributed by atoms with Crippen LogP contribution in [0.5, 0.6) is 0 Å². The fraction of sp³-hybridized carbons (Fsp3) is 0.500. The van der Waals surface area contributed by atoms with Crippen molar-refractivity contribution >= 4 is 0 Å². The Morgan fingerprint density at radius 1 is 1.23 bits per heavy atom. The second kappa shape index (κ2) is 3.93. The number of benzene rings is 1. The molecule has 1 N–H and O–H groups in total. The van der Waals surface area contributed by atoms with Crippen LogP contribution in [0.4, 0.5) is 0 Å². The van der Waals surface area contributed by atoms with Gasteiger partial charge in [-0.3, -0.25) is 0 Å². The van der Waals surface area contributed by atoms with Crippen molar-refractivity contribution in [2.75, 3.05) is 0 Å². The van der Waals surface area contributed by atoms with Crippen molar-refractivity contribution in [3.8, 4) is 0 Å². The van der Waals surface area contributed by atoms with Crippen LogP contribution in [-0.4, -0.2) is 6.04 Å². The van der Waals surface area contributed by atoms with Crippen molar-refractivity contribution < 1.29 is 0 Å².